The lowest BCUT2D eigenvalue weighted by atomic mass is 9.82. The van der Waals surface area contributed by atoms with Crippen LogP contribution in [0.4, 0.5) is 0 Å². The maximum Gasteiger partial charge on any atom is 0.311 e. The molecule has 16 heavy (non-hydrogen) atoms. The van der Waals surface area contributed by atoms with Crippen LogP contribution in [0.2, 0.25) is 0 Å². The van der Waals surface area contributed by atoms with Gasteiger partial charge in [-0.2, -0.15) is 0 Å². The Labute approximate surface area is 97.3 Å². The van der Waals surface area contributed by atoms with Gasteiger partial charge in [0.05, 0.1) is 5.92 Å². The van der Waals surface area contributed by atoms with E-state index in [-0.39, 0.29) is 11.8 Å². The zero-order chi connectivity index (χ0) is 12.0. The summed E-state index contributed by atoms with van der Waals surface area (Å²) in [5.74, 6) is -0.817. The molecule has 1 rings (SSSR count). The molecule has 0 saturated carbocycles. The van der Waals surface area contributed by atoms with Crippen molar-refractivity contribution < 1.29 is 9.90 Å². The molecule has 0 saturated heterocycles. The van der Waals surface area contributed by atoms with Crippen molar-refractivity contribution in [3.05, 3.63) is 35.9 Å². The van der Waals surface area contributed by atoms with E-state index in [0.717, 1.165) is 24.8 Å². The summed E-state index contributed by atoms with van der Waals surface area (Å²) in [6.07, 6.45) is 2.93. The van der Waals surface area contributed by atoms with E-state index in [1.165, 1.54) is 0 Å². The molecule has 0 fully saturated rings. The van der Waals surface area contributed by atoms with Gasteiger partial charge in [-0.3, -0.25) is 4.79 Å². The molecule has 0 radical (unpaired) electrons. The first kappa shape index (κ1) is 12.8. The van der Waals surface area contributed by atoms with Gasteiger partial charge in [-0.05, 0) is 17.9 Å². The average Bonchev–Trinajstić information content (AvgIpc) is 2.29. The lowest BCUT2D eigenvalue weighted by molar-refractivity contribution is -0.140. The fourth-order valence-electron chi connectivity index (χ4n) is 2.25. The van der Waals surface area contributed by atoms with Gasteiger partial charge < -0.3 is 5.11 Å². The fourth-order valence-corrected chi connectivity index (χ4v) is 2.25. The molecule has 88 valence electrons. The van der Waals surface area contributed by atoms with E-state index < -0.39 is 5.97 Å². The minimum atomic E-state index is -0.702. The number of benzene rings is 1. The van der Waals surface area contributed by atoms with Crippen molar-refractivity contribution >= 4 is 5.97 Å². The molecule has 1 N–H and O–H groups in total. The highest BCUT2D eigenvalue weighted by atomic mass is 16.4. The molecule has 0 bridgehead atoms. The number of hydrogen-bond acceptors (Lipinski definition) is 1. The summed E-state index contributed by atoms with van der Waals surface area (Å²) >= 11 is 0. The van der Waals surface area contributed by atoms with Crippen LogP contribution >= 0.6 is 0 Å². The highest BCUT2D eigenvalue weighted by Gasteiger charge is 2.27. The summed E-state index contributed by atoms with van der Waals surface area (Å²) in [7, 11) is 0. The summed E-state index contributed by atoms with van der Waals surface area (Å²) in [5.41, 5.74) is 0.926. The molecule has 0 spiro atoms. The zero-order valence-electron chi connectivity index (χ0n) is 10.0. The van der Waals surface area contributed by atoms with Gasteiger partial charge in [-0.15, -0.1) is 0 Å². The van der Waals surface area contributed by atoms with Gasteiger partial charge in [0.1, 0.15) is 0 Å². The summed E-state index contributed by atoms with van der Waals surface area (Å²) in [4.78, 5) is 11.4. The Hall–Kier alpha value is -1.31. The molecule has 0 aliphatic heterocycles. The Morgan fingerprint density at radius 2 is 1.88 bits per heavy atom. The first-order valence-corrected chi connectivity index (χ1v) is 5.98. The quantitative estimate of drug-likeness (QED) is 0.794. The third-order valence-electron chi connectivity index (χ3n) is 3.08. The number of aliphatic carboxylic acids is 1. The Morgan fingerprint density at radius 3 is 2.31 bits per heavy atom. The van der Waals surface area contributed by atoms with Crippen LogP contribution < -0.4 is 0 Å². The van der Waals surface area contributed by atoms with Crippen LogP contribution in [0.3, 0.4) is 0 Å². The van der Waals surface area contributed by atoms with Crippen molar-refractivity contribution in [2.24, 2.45) is 5.92 Å². The Morgan fingerprint density at radius 1 is 1.25 bits per heavy atom. The largest absolute Gasteiger partial charge is 0.481 e. The SMILES string of the molecule is CCCC(CC)C(C(=O)O)c1ccccc1. The second-order valence-corrected chi connectivity index (χ2v) is 4.18. The first-order valence-electron chi connectivity index (χ1n) is 5.98. The van der Waals surface area contributed by atoms with Crippen LogP contribution in [-0.2, 0) is 4.79 Å². The first-order chi connectivity index (χ1) is 7.70. The average molecular weight is 220 g/mol. The fraction of sp³-hybridized carbons (Fsp3) is 0.500. The molecule has 0 amide bonds. The van der Waals surface area contributed by atoms with Gasteiger partial charge in [-0.25, -0.2) is 0 Å². The normalized spacial score (nSPS) is 14.4. The van der Waals surface area contributed by atoms with Gasteiger partial charge in [0, 0.05) is 0 Å². The van der Waals surface area contributed by atoms with Gasteiger partial charge in [0.15, 0.2) is 0 Å². The van der Waals surface area contributed by atoms with Gasteiger partial charge >= 0.3 is 5.97 Å². The molecule has 0 aliphatic carbocycles. The van der Waals surface area contributed by atoms with E-state index in [2.05, 4.69) is 13.8 Å². The van der Waals surface area contributed by atoms with Crippen molar-refractivity contribution in [2.45, 2.75) is 39.0 Å². The number of carbonyl (C=O) groups is 1. The maximum atomic E-state index is 11.4. The molecular weight excluding hydrogens is 200 g/mol. The molecule has 0 aromatic heterocycles. The van der Waals surface area contributed by atoms with E-state index in [4.69, 9.17) is 0 Å². The second-order valence-electron chi connectivity index (χ2n) is 4.18. The Balaban J connectivity index is 2.94. The van der Waals surface area contributed by atoms with Crippen LogP contribution in [-0.4, -0.2) is 11.1 Å². The second kappa shape index (κ2) is 6.31. The molecule has 2 unspecified atom stereocenters. The molecule has 0 heterocycles. The molecular formula is C14H20O2. The highest BCUT2D eigenvalue weighted by molar-refractivity contribution is 5.76. The van der Waals surface area contributed by atoms with E-state index in [0.29, 0.717) is 0 Å². The van der Waals surface area contributed by atoms with Crippen LogP contribution in [0, 0.1) is 5.92 Å². The van der Waals surface area contributed by atoms with Crippen molar-refractivity contribution in [3.63, 3.8) is 0 Å². The van der Waals surface area contributed by atoms with Crippen molar-refractivity contribution in [1.82, 2.24) is 0 Å². The molecule has 0 aliphatic rings. The highest BCUT2D eigenvalue weighted by Crippen LogP contribution is 2.30. The molecule has 1 aromatic rings. The molecule has 2 heteroatoms. The van der Waals surface area contributed by atoms with Gasteiger partial charge in [0.2, 0.25) is 0 Å². The number of hydrogen-bond donors (Lipinski definition) is 1. The van der Waals surface area contributed by atoms with Crippen LogP contribution in [0.5, 0.6) is 0 Å². The van der Waals surface area contributed by atoms with Crippen LogP contribution in [0.1, 0.15) is 44.6 Å². The minimum Gasteiger partial charge on any atom is -0.481 e. The van der Waals surface area contributed by atoms with Crippen molar-refractivity contribution in [1.29, 1.82) is 0 Å². The molecule has 2 nitrogen and oxygen atoms in total. The van der Waals surface area contributed by atoms with E-state index in [1.54, 1.807) is 0 Å². The number of carboxylic acids is 1. The smallest absolute Gasteiger partial charge is 0.311 e. The Bertz CT molecular complexity index is 319. The van der Waals surface area contributed by atoms with E-state index in [1.807, 2.05) is 30.3 Å². The summed E-state index contributed by atoms with van der Waals surface area (Å²) < 4.78 is 0. The van der Waals surface area contributed by atoms with E-state index in [9.17, 15) is 9.90 Å². The molecule has 1 aromatic carbocycles. The standard InChI is InChI=1S/C14H20O2/c1-3-8-11(4-2)13(14(15)16)12-9-6-5-7-10-12/h5-7,9-11,13H,3-4,8H2,1-2H3,(H,15,16). The topological polar surface area (TPSA) is 37.3 Å². The minimum absolute atomic E-state index is 0.241. The lowest BCUT2D eigenvalue weighted by Crippen LogP contribution is -2.21. The maximum absolute atomic E-state index is 11.4. The van der Waals surface area contributed by atoms with E-state index >= 15 is 0 Å². The summed E-state index contributed by atoms with van der Waals surface area (Å²) in [6.45, 7) is 4.17. The number of carboxylic acid groups (broad SMARTS) is 1. The zero-order valence-corrected chi connectivity index (χ0v) is 10.0. The predicted octanol–water partition coefficient (Wildman–Crippen LogP) is 3.68. The Kier molecular flexibility index (Phi) is 5.03. The van der Waals surface area contributed by atoms with Crippen molar-refractivity contribution in [3.8, 4) is 0 Å². The van der Waals surface area contributed by atoms with Gasteiger partial charge in [-0.1, -0.05) is 57.0 Å². The van der Waals surface area contributed by atoms with Crippen LogP contribution in [0.15, 0.2) is 30.3 Å². The lowest BCUT2D eigenvalue weighted by Gasteiger charge is -2.22. The number of rotatable bonds is 6. The summed E-state index contributed by atoms with van der Waals surface area (Å²) in [5, 5.41) is 9.35. The van der Waals surface area contributed by atoms with Crippen molar-refractivity contribution in [2.75, 3.05) is 0 Å². The predicted molar refractivity (Wildman–Crippen MR) is 65.5 cm³/mol. The van der Waals surface area contributed by atoms with Crippen LogP contribution in [0.25, 0.3) is 0 Å². The third kappa shape index (κ3) is 3.09. The molecule has 2 atom stereocenters. The monoisotopic (exact) mass is 220 g/mol. The summed E-state index contributed by atoms with van der Waals surface area (Å²) in [6, 6.07) is 9.56. The third-order valence-corrected chi connectivity index (χ3v) is 3.08. The van der Waals surface area contributed by atoms with Gasteiger partial charge in [0.25, 0.3) is 0 Å².